The lowest BCUT2D eigenvalue weighted by Gasteiger charge is -2.16. The Hall–Kier alpha value is -1.20. The highest BCUT2D eigenvalue weighted by atomic mass is 16.5. The van der Waals surface area contributed by atoms with E-state index in [9.17, 15) is 4.79 Å². The van der Waals surface area contributed by atoms with E-state index in [2.05, 4.69) is 10.3 Å². The van der Waals surface area contributed by atoms with Crippen molar-refractivity contribution in [2.45, 2.75) is 25.8 Å². The molecule has 100 valence electrons. The summed E-state index contributed by atoms with van der Waals surface area (Å²) in [4.78, 5) is 16.4. The standard InChI is InChI=1S/C13H21N3O2/c1-3-14-11-9-18-8-10(11)12(17)4-5-13-15-6-7-16(13)2/h6-7,10-11,14H,3-5,8-9H2,1-2H3. The summed E-state index contributed by atoms with van der Waals surface area (Å²) < 4.78 is 7.36. The van der Waals surface area contributed by atoms with Crippen LogP contribution in [-0.2, 0) is 23.0 Å². The summed E-state index contributed by atoms with van der Waals surface area (Å²) in [6.07, 6.45) is 4.91. The molecular formula is C13H21N3O2. The zero-order valence-corrected chi connectivity index (χ0v) is 11.1. The average Bonchev–Trinajstić information content (AvgIpc) is 2.96. The number of nitrogens with zero attached hydrogens (tertiary/aromatic N) is 2. The predicted octanol–water partition coefficient (Wildman–Crippen LogP) is 0.546. The molecule has 0 bridgehead atoms. The molecule has 1 aromatic heterocycles. The molecular weight excluding hydrogens is 230 g/mol. The van der Waals surface area contributed by atoms with Crippen molar-refractivity contribution in [1.82, 2.24) is 14.9 Å². The highest BCUT2D eigenvalue weighted by Gasteiger charge is 2.32. The van der Waals surface area contributed by atoms with Gasteiger partial charge in [-0.1, -0.05) is 6.92 Å². The van der Waals surface area contributed by atoms with Crippen LogP contribution in [0.2, 0.25) is 0 Å². The van der Waals surface area contributed by atoms with Crippen LogP contribution in [0.15, 0.2) is 12.4 Å². The third kappa shape index (κ3) is 2.97. The first-order valence-corrected chi connectivity index (χ1v) is 6.52. The first-order valence-electron chi connectivity index (χ1n) is 6.52. The number of aromatic nitrogens is 2. The molecule has 0 saturated carbocycles. The SMILES string of the molecule is CCNC1COCC1C(=O)CCc1nccn1C. The molecule has 0 aliphatic carbocycles. The van der Waals surface area contributed by atoms with E-state index in [-0.39, 0.29) is 17.7 Å². The van der Waals surface area contributed by atoms with E-state index >= 15 is 0 Å². The van der Waals surface area contributed by atoms with Crippen LogP contribution in [0.3, 0.4) is 0 Å². The maximum atomic E-state index is 12.2. The lowest BCUT2D eigenvalue weighted by Crippen LogP contribution is -2.39. The minimum absolute atomic E-state index is 0.00483. The van der Waals surface area contributed by atoms with Gasteiger partial charge in [-0.3, -0.25) is 4.79 Å². The number of ether oxygens (including phenoxy) is 1. The first kappa shape index (κ1) is 13.2. The van der Waals surface area contributed by atoms with E-state index in [4.69, 9.17) is 4.74 Å². The normalized spacial score (nSPS) is 23.4. The fourth-order valence-electron chi connectivity index (χ4n) is 2.39. The van der Waals surface area contributed by atoms with Gasteiger partial charge in [0.1, 0.15) is 11.6 Å². The number of ketones is 1. The van der Waals surface area contributed by atoms with Gasteiger partial charge in [0.05, 0.1) is 19.1 Å². The van der Waals surface area contributed by atoms with Gasteiger partial charge in [0.15, 0.2) is 0 Å². The smallest absolute Gasteiger partial charge is 0.140 e. The van der Waals surface area contributed by atoms with E-state index in [0.29, 0.717) is 26.1 Å². The average molecular weight is 251 g/mol. The number of likely N-dealkylation sites (N-methyl/N-ethyl adjacent to an activating group) is 1. The van der Waals surface area contributed by atoms with E-state index in [1.807, 2.05) is 24.7 Å². The summed E-state index contributed by atoms with van der Waals surface area (Å²) in [5, 5.41) is 3.31. The minimum atomic E-state index is 0.00483. The summed E-state index contributed by atoms with van der Waals surface area (Å²) in [5.41, 5.74) is 0. The van der Waals surface area contributed by atoms with Crippen molar-refractivity contribution in [2.75, 3.05) is 19.8 Å². The number of carbonyl (C=O) groups excluding carboxylic acids is 1. The van der Waals surface area contributed by atoms with Crippen molar-refractivity contribution in [1.29, 1.82) is 0 Å². The molecule has 0 amide bonds. The van der Waals surface area contributed by atoms with E-state index in [1.165, 1.54) is 0 Å². The molecule has 2 unspecified atom stereocenters. The molecule has 2 atom stereocenters. The highest BCUT2D eigenvalue weighted by molar-refractivity contribution is 5.82. The zero-order chi connectivity index (χ0) is 13.0. The van der Waals surface area contributed by atoms with Crippen molar-refractivity contribution < 1.29 is 9.53 Å². The van der Waals surface area contributed by atoms with Crippen LogP contribution in [0.25, 0.3) is 0 Å². The molecule has 2 rings (SSSR count). The third-order valence-electron chi connectivity index (χ3n) is 3.48. The minimum Gasteiger partial charge on any atom is -0.379 e. The van der Waals surface area contributed by atoms with Crippen LogP contribution in [0.1, 0.15) is 19.2 Å². The van der Waals surface area contributed by atoms with Crippen molar-refractivity contribution in [3.63, 3.8) is 0 Å². The number of aryl methyl sites for hydroxylation is 2. The second-order valence-corrected chi connectivity index (χ2v) is 4.73. The molecule has 0 aromatic carbocycles. The Labute approximate surface area is 108 Å². The largest absolute Gasteiger partial charge is 0.379 e. The molecule has 5 nitrogen and oxygen atoms in total. The first-order chi connectivity index (χ1) is 8.72. The van der Waals surface area contributed by atoms with Crippen molar-refractivity contribution in [3.8, 4) is 0 Å². The van der Waals surface area contributed by atoms with Crippen LogP contribution in [-0.4, -0.2) is 41.1 Å². The van der Waals surface area contributed by atoms with E-state index in [1.54, 1.807) is 6.20 Å². The molecule has 1 aliphatic rings. The zero-order valence-electron chi connectivity index (χ0n) is 11.1. The highest BCUT2D eigenvalue weighted by Crippen LogP contribution is 2.17. The Kier molecular flexibility index (Phi) is 4.49. The Morgan fingerprint density at radius 3 is 3.11 bits per heavy atom. The Bertz CT molecular complexity index is 403. The maximum absolute atomic E-state index is 12.2. The van der Waals surface area contributed by atoms with Crippen LogP contribution in [0.5, 0.6) is 0 Å². The van der Waals surface area contributed by atoms with Crippen molar-refractivity contribution >= 4 is 5.78 Å². The van der Waals surface area contributed by atoms with Gasteiger partial charge in [-0.15, -0.1) is 0 Å². The molecule has 1 aliphatic heterocycles. The fourth-order valence-corrected chi connectivity index (χ4v) is 2.39. The fraction of sp³-hybridized carbons (Fsp3) is 0.692. The summed E-state index contributed by atoms with van der Waals surface area (Å²) in [5.74, 6) is 1.24. The van der Waals surface area contributed by atoms with Gasteiger partial charge < -0.3 is 14.6 Å². The lowest BCUT2D eigenvalue weighted by atomic mass is 9.95. The van der Waals surface area contributed by atoms with Gasteiger partial charge in [0.25, 0.3) is 0 Å². The molecule has 1 N–H and O–H groups in total. The van der Waals surface area contributed by atoms with Gasteiger partial charge >= 0.3 is 0 Å². The summed E-state index contributed by atoms with van der Waals surface area (Å²) in [7, 11) is 1.95. The Morgan fingerprint density at radius 2 is 2.44 bits per heavy atom. The number of imidazole rings is 1. The second-order valence-electron chi connectivity index (χ2n) is 4.73. The summed E-state index contributed by atoms with van der Waals surface area (Å²) >= 11 is 0. The van der Waals surface area contributed by atoms with Crippen LogP contribution in [0.4, 0.5) is 0 Å². The van der Waals surface area contributed by atoms with Crippen molar-refractivity contribution in [3.05, 3.63) is 18.2 Å². The molecule has 0 spiro atoms. The molecule has 1 aromatic rings. The van der Waals surface area contributed by atoms with Crippen LogP contribution >= 0.6 is 0 Å². The van der Waals surface area contributed by atoms with E-state index in [0.717, 1.165) is 12.4 Å². The van der Waals surface area contributed by atoms with Gasteiger partial charge in [-0.25, -0.2) is 4.98 Å². The van der Waals surface area contributed by atoms with Gasteiger partial charge in [-0.2, -0.15) is 0 Å². The topological polar surface area (TPSA) is 56.1 Å². The molecule has 1 saturated heterocycles. The third-order valence-corrected chi connectivity index (χ3v) is 3.48. The van der Waals surface area contributed by atoms with Gasteiger partial charge in [0.2, 0.25) is 0 Å². The van der Waals surface area contributed by atoms with Crippen LogP contribution < -0.4 is 5.32 Å². The maximum Gasteiger partial charge on any atom is 0.140 e. The summed E-state index contributed by atoms with van der Waals surface area (Å²) in [6, 6.07) is 0.184. The number of Topliss-reactive ketones (excluding diaryl/α,β-unsaturated/α-hetero) is 1. The molecule has 0 radical (unpaired) electrons. The van der Waals surface area contributed by atoms with Crippen molar-refractivity contribution in [2.24, 2.45) is 13.0 Å². The quantitative estimate of drug-likeness (QED) is 0.802. The molecule has 2 heterocycles. The molecule has 5 heteroatoms. The number of hydrogen-bond acceptors (Lipinski definition) is 4. The number of carbonyl (C=O) groups is 1. The molecule has 18 heavy (non-hydrogen) atoms. The lowest BCUT2D eigenvalue weighted by molar-refractivity contribution is -0.123. The monoisotopic (exact) mass is 251 g/mol. The van der Waals surface area contributed by atoms with E-state index < -0.39 is 0 Å². The number of hydrogen-bond donors (Lipinski definition) is 1. The van der Waals surface area contributed by atoms with Gasteiger partial charge in [-0.05, 0) is 6.54 Å². The second kappa shape index (κ2) is 6.11. The van der Waals surface area contributed by atoms with Gasteiger partial charge in [0, 0.05) is 38.3 Å². The number of rotatable bonds is 6. The number of nitrogens with one attached hydrogen (secondary N) is 1. The Morgan fingerprint density at radius 1 is 1.61 bits per heavy atom. The summed E-state index contributed by atoms with van der Waals surface area (Å²) in [6.45, 7) is 4.12. The Balaban J connectivity index is 1.86. The molecule has 1 fully saturated rings. The predicted molar refractivity (Wildman–Crippen MR) is 68.3 cm³/mol. The van der Waals surface area contributed by atoms with Crippen LogP contribution in [0, 0.1) is 5.92 Å².